The van der Waals surface area contributed by atoms with Crippen LogP contribution in [0.1, 0.15) is 39.4 Å². The third kappa shape index (κ3) is 7.08. The summed E-state index contributed by atoms with van der Waals surface area (Å²) in [6.07, 6.45) is -2.16. The van der Waals surface area contributed by atoms with Crippen LogP contribution in [-0.4, -0.2) is 39.1 Å². The third-order valence-electron chi connectivity index (χ3n) is 3.17. The van der Waals surface area contributed by atoms with E-state index in [2.05, 4.69) is 10.6 Å². The van der Waals surface area contributed by atoms with Crippen LogP contribution < -0.4 is 20.1 Å². The maximum atomic E-state index is 11.8. The van der Waals surface area contributed by atoms with E-state index in [4.69, 9.17) is 18.9 Å². The fraction of sp³-hybridized carbons (Fsp3) is 0.556. The molecule has 0 unspecified atom stereocenters. The lowest BCUT2D eigenvalue weighted by molar-refractivity contribution is 0.135. The van der Waals surface area contributed by atoms with E-state index in [1.807, 2.05) is 13.8 Å². The molecule has 0 bridgehead atoms. The molecule has 0 atom stereocenters. The molecule has 146 valence electrons. The van der Waals surface area contributed by atoms with E-state index in [0.29, 0.717) is 29.6 Å². The van der Waals surface area contributed by atoms with Crippen molar-refractivity contribution in [1.82, 2.24) is 10.6 Å². The summed E-state index contributed by atoms with van der Waals surface area (Å²) in [6, 6.07) is 5.12. The lowest BCUT2D eigenvalue weighted by atomic mass is 10.1. The minimum atomic E-state index is -0.847. The molecule has 2 amide bonds. The van der Waals surface area contributed by atoms with Crippen molar-refractivity contribution in [1.29, 1.82) is 0 Å². The molecule has 0 saturated carbocycles. The van der Waals surface area contributed by atoms with Gasteiger partial charge in [-0.05, 0) is 37.5 Å². The molecule has 8 nitrogen and oxygen atoms in total. The molecule has 0 saturated heterocycles. The number of carbonyl (C=O) groups is 2. The highest BCUT2D eigenvalue weighted by molar-refractivity contribution is 5.71. The number of carbonyl (C=O) groups excluding carboxylic acids is 2. The summed E-state index contributed by atoms with van der Waals surface area (Å²) in [5.41, 5.74) is 0.589. The number of ether oxygens (including phenoxy) is 4. The first-order valence-electron chi connectivity index (χ1n) is 8.58. The van der Waals surface area contributed by atoms with Crippen molar-refractivity contribution in [3.8, 4) is 11.5 Å². The summed E-state index contributed by atoms with van der Waals surface area (Å²) in [6.45, 7) is 8.37. The van der Waals surface area contributed by atoms with Crippen molar-refractivity contribution in [3.05, 3.63) is 23.8 Å². The van der Waals surface area contributed by atoms with Gasteiger partial charge >= 0.3 is 12.2 Å². The van der Waals surface area contributed by atoms with E-state index in [1.165, 1.54) is 0 Å². The number of amides is 2. The number of methoxy groups -OCH3 is 1. The molecule has 0 heterocycles. The SMILES string of the molecule is CCOC(=O)NC(NC(=O)OCC)c1ccc(OC)c(OCC(C)C)c1. The normalized spacial score (nSPS) is 10.4. The summed E-state index contributed by atoms with van der Waals surface area (Å²) in [4.78, 5) is 23.6. The maximum absolute atomic E-state index is 11.8. The van der Waals surface area contributed by atoms with Gasteiger partial charge in [-0.2, -0.15) is 0 Å². The Morgan fingerprint density at radius 1 is 1.00 bits per heavy atom. The first-order valence-corrected chi connectivity index (χ1v) is 8.58. The summed E-state index contributed by atoms with van der Waals surface area (Å²) in [5, 5.41) is 5.17. The highest BCUT2D eigenvalue weighted by Gasteiger charge is 2.20. The fourth-order valence-corrected chi connectivity index (χ4v) is 2.03. The van der Waals surface area contributed by atoms with E-state index in [1.54, 1.807) is 39.2 Å². The molecule has 1 rings (SSSR count). The molecule has 0 aliphatic heterocycles. The highest BCUT2D eigenvalue weighted by atomic mass is 16.6. The number of hydrogen-bond acceptors (Lipinski definition) is 6. The predicted molar refractivity (Wildman–Crippen MR) is 96.4 cm³/mol. The molecule has 0 spiro atoms. The van der Waals surface area contributed by atoms with Crippen LogP contribution in [0.2, 0.25) is 0 Å². The van der Waals surface area contributed by atoms with Crippen molar-refractivity contribution in [2.24, 2.45) is 5.92 Å². The first-order chi connectivity index (χ1) is 12.4. The largest absolute Gasteiger partial charge is 0.493 e. The van der Waals surface area contributed by atoms with Crippen LogP contribution in [0.15, 0.2) is 18.2 Å². The van der Waals surface area contributed by atoms with Gasteiger partial charge in [0.2, 0.25) is 0 Å². The Kier molecular flexibility index (Phi) is 9.11. The van der Waals surface area contributed by atoms with Crippen LogP contribution in [0, 0.1) is 5.92 Å². The Balaban J connectivity index is 3.07. The minimum absolute atomic E-state index is 0.212. The summed E-state index contributed by atoms with van der Waals surface area (Å²) < 4.78 is 20.9. The standard InChI is InChI=1S/C18H28N2O6/c1-6-24-17(21)19-16(20-18(22)25-7-2)13-8-9-14(23-5)15(10-13)26-11-12(3)4/h8-10,12,16H,6-7,11H2,1-5H3,(H,19,21)(H,20,22). The molecule has 0 aromatic heterocycles. The zero-order valence-electron chi connectivity index (χ0n) is 16.0. The van der Waals surface area contributed by atoms with Gasteiger partial charge in [0, 0.05) is 0 Å². The van der Waals surface area contributed by atoms with E-state index < -0.39 is 18.4 Å². The van der Waals surface area contributed by atoms with Crippen molar-refractivity contribution in [2.45, 2.75) is 33.9 Å². The molecule has 0 aliphatic carbocycles. The Bertz CT molecular complexity index is 571. The predicted octanol–water partition coefficient (Wildman–Crippen LogP) is 3.22. The molecule has 2 N–H and O–H groups in total. The van der Waals surface area contributed by atoms with E-state index in [-0.39, 0.29) is 13.2 Å². The van der Waals surface area contributed by atoms with Crippen molar-refractivity contribution in [2.75, 3.05) is 26.9 Å². The van der Waals surface area contributed by atoms with Gasteiger partial charge in [-0.15, -0.1) is 0 Å². The fourth-order valence-electron chi connectivity index (χ4n) is 2.03. The minimum Gasteiger partial charge on any atom is -0.493 e. The zero-order valence-corrected chi connectivity index (χ0v) is 16.0. The van der Waals surface area contributed by atoms with Gasteiger partial charge in [-0.1, -0.05) is 19.9 Å². The molecular weight excluding hydrogens is 340 g/mol. The van der Waals surface area contributed by atoms with Gasteiger partial charge in [0.05, 0.1) is 26.9 Å². The zero-order chi connectivity index (χ0) is 19.5. The summed E-state index contributed by atoms with van der Waals surface area (Å²) in [7, 11) is 1.54. The van der Waals surface area contributed by atoms with E-state index >= 15 is 0 Å². The van der Waals surface area contributed by atoms with Gasteiger partial charge < -0.3 is 18.9 Å². The van der Waals surface area contributed by atoms with Crippen LogP contribution in [-0.2, 0) is 9.47 Å². The third-order valence-corrected chi connectivity index (χ3v) is 3.17. The molecule has 0 radical (unpaired) electrons. The highest BCUT2D eigenvalue weighted by Crippen LogP contribution is 2.30. The number of hydrogen-bond donors (Lipinski definition) is 2. The van der Waals surface area contributed by atoms with E-state index in [9.17, 15) is 9.59 Å². The quantitative estimate of drug-likeness (QED) is 0.650. The average Bonchev–Trinajstić information content (AvgIpc) is 2.59. The molecule has 8 heteroatoms. The molecule has 0 fully saturated rings. The number of benzene rings is 1. The topological polar surface area (TPSA) is 95.1 Å². The number of alkyl carbamates (subject to hydrolysis) is 2. The molecular formula is C18H28N2O6. The Labute approximate surface area is 154 Å². The van der Waals surface area contributed by atoms with Crippen LogP contribution in [0.5, 0.6) is 11.5 Å². The molecule has 0 aliphatic rings. The van der Waals surface area contributed by atoms with Crippen LogP contribution >= 0.6 is 0 Å². The van der Waals surface area contributed by atoms with E-state index in [0.717, 1.165) is 0 Å². The Hall–Kier alpha value is -2.64. The smallest absolute Gasteiger partial charge is 0.409 e. The van der Waals surface area contributed by atoms with Crippen LogP contribution in [0.25, 0.3) is 0 Å². The van der Waals surface area contributed by atoms with Crippen LogP contribution in [0.3, 0.4) is 0 Å². The number of rotatable bonds is 9. The molecule has 26 heavy (non-hydrogen) atoms. The second kappa shape index (κ2) is 11.1. The first kappa shape index (κ1) is 21.4. The van der Waals surface area contributed by atoms with Gasteiger partial charge in [-0.25, -0.2) is 9.59 Å². The lowest BCUT2D eigenvalue weighted by Gasteiger charge is -2.21. The monoisotopic (exact) mass is 368 g/mol. The Morgan fingerprint density at radius 2 is 1.58 bits per heavy atom. The van der Waals surface area contributed by atoms with Gasteiger partial charge in [0.25, 0.3) is 0 Å². The Morgan fingerprint density at radius 3 is 2.04 bits per heavy atom. The van der Waals surface area contributed by atoms with Gasteiger partial charge in [0.1, 0.15) is 6.17 Å². The maximum Gasteiger partial charge on any atom is 0.409 e. The van der Waals surface area contributed by atoms with Crippen molar-refractivity contribution >= 4 is 12.2 Å². The van der Waals surface area contributed by atoms with Gasteiger partial charge in [-0.3, -0.25) is 10.6 Å². The van der Waals surface area contributed by atoms with Gasteiger partial charge in [0.15, 0.2) is 11.5 Å². The summed E-state index contributed by atoms with van der Waals surface area (Å²) in [5.74, 6) is 1.40. The van der Waals surface area contributed by atoms with Crippen LogP contribution in [0.4, 0.5) is 9.59 Å². The number of nitrogens with one attached hydrogen (secondary N) is 2. The second-order valence-electron chi connectivity index (χ2n) is 5.78. The average molecular weight is 368 g/mol. The summed E-state index contributed by atoms with van der Waals surface area (Å²) >= 11 is 0. The molecule has 1 aromatic rings. The molecule has 1 aromatic carbocycles. The lowest BCUT2D eigenvalue weighted by Crippen LogP contribution is -2.41. The van der Waals surface area contributed by atoms with Crippen molar-refractivity contribution < 1.29 is 28.5 Å². The van der Waals surface area contributed by atoms with Crippen molar-refractivity contribution in [3.63, 3.8) is 0 Å². The second-order valence-corrected chi connectivity index (χ2v) is 5.78.